The number of fused-ring (bicyclic) bond motifs is 1. The molecule has 0 aromatic carbocycles. The van der Waals surface area contributed by atoms with E-state index < -0.39 is 0 Å². The van der Waals surface area contributed by atoms with Crippen molar-refractivity contribution in [3.8, 4) is 0 Å². The van der Waals surface area contributed by atoms with Crippen LogP contribution in [0.2, 0.25) is 0 Å². The Morgan fingerprint density at radius 3 is 3.00 bits per heavy atom. The lowest BCUT2D eigenvalue weighted by atomic mass is 10.2. The number of hydrogen-bond donors (Lipinski definition) is 2. The standard InChI is InChI=1S/C10H15N5/c1-2-3-4-5-8-13-7-6-12-10(11)15-9(7)14-8/h6H,2-5H2,1H3,(H3,11,12,13,14,15). The van der Waals surface area contributed by atoms with Crippen LogP contribution < -0.4 is 5.73 Å². The molecule has 0 radical (unpaired) electrons. The zero-order chi connectivity index (χ0) is 10.7. The first-order chi connectivity index (χ1) is 7.29. The highest BCUT2D eigenvalue weighted by atomic mass is 15.1. The molecule has 0 aliphatic heterocycles. The Morgan fingerprint density at radius 2 is 2.20 bits per heavy atom. The maximum Gasteiger partial charge on any atom is 0.222 e. The second-order valence-electron chi connectivity index (χ2n) is 3.61. The van der Waals surface area contributed by atoms with Crippen LogP contribution in [0.4, 0.5) is 5.95 Å². The van der Waals surface area contributed by atoms with Gasteiger partial charge in [-0.3, -0.25) is 0 Å². The van der Waals surface area contributed by atoms with Crippen molar-refractivity contribution in [1.29, 1.82) is 0 Å². The fourth-order valence-corrected chi connectivity index (χ4v) is 1.53. The van der Waals surface area contributed by atoms with E-state index in [-0.39, 0.29) is 5.95 Å². The first-order valence-electron chi connectivity index (χ1n) is 5.26. The van der Waals surface area contributed by atoms with Gasteiger partial charge in [0.05, 0.1) is 6.20 Å². The van der Waals surface area contributed by atoms with E-state index in [1.807, 2.05) is 0 Å². The Kier molecular flexibility index (Phi) is 2.80. The first-order valence-corrected chi connectivity index (χ1v) is 5.26. The average molecular weight is 205 g/mol. The molecule has 0 bridgehead atoms. The minimum atomic E-state index is 0.272. The minimum Gasteiger partial charge on any atom is -0.368 e. The molecule has 0 saturated carbocycles. The van der Waals surface area contributed by atoms with E-state index in [0.29, 0.717) is 5.65 Å². The van der Waals surface area contributed by atoms with Crippen molar-refractivity contribution in [2.24, 2.45) is 0 Å². The van der Waals surface area contributed by atoms with Crippen LogP contribution in [0, 0.1) is 0 Å². The number of H-pyrrole nitrogens is 1. The van der Waals surface area contributed by atoms with Crippen LogP contribution in [-0.4, -0.2) is 19.9 Å². The second-order valence-corrected chi connectivity index (χ2v) is 3.61. The van der Waals surface area contributed by atoms with Gasteiger partial charge in [0.25, 0.3) is 0 Å². The molecule has 2 heterocycles. The van der Waals surface area contributed by atoms with Gasteiger partial charge in [-0.1, -0.05) is 19.8 Å². The van der Waals surface area contributed by atoms with Crippen molar-refractivity contribution in [2.45, 2.75) is 32.6 Å². The number of nitrogen functional groups attached to an aromatic ring is 1. The Hall–Kier alpha value is -1.65. The molecule has 0 spiro atoms. The van der Waals surface area contributed by atoms with Crippen molar-refractivity contribution in [2.75, 3.05) is 5.73 Å². The summed E-state index contributed by atoms with van der Waals surface area (Å²) < 4.78 is 0. The van der Waals surface area contributed by atoms with E-state index in [0.717, 1.165) is 24.2 Å². The molecule has 0 unspecified atom stereocenters. The van der Waals surface area contributed by atoms with Crippen molar-refractivity contribution < 1.29 is 0 Å². The molecule has 2 aromatic rings. The number of rotatable bonds is 4. The summed E-state index contributed by atoms with van der Waals surface area (Å²) in [6.07, 6.45) is 6.23. The van der Waals surface area contributed by atoms with Gasteiger partial charge in [-0.15, -0.1) is 0 Å². The molecule has 2 aromatic heterocycles. The lowest BCUT2D eigenvalue weighted by Crippen LogP contribution is -1.93. The number of unbranched alkanes of at least 4 members (excludes halogenated alkanes) is 2. The molecule has 15 heavy (non-hydrogen) atoms. The third-order valence-corrected chi connectivity index (χ3v) is 2.32. The van der Waals surface area contributed by atoms with Gasteiger partial charge >= 0.3 is 0 Å². The summed E-state index contributed by atoms with van der Waals surface area (Å²) in [4.78, 5) is 15.5. The second kappa shape index (κ2) is 4.25. The van der Waals surface area contributed by atoms with Crippen LogP contribution >= 0.6 is 0 Å². The van der Waals surface area contributed by atoms with Gasteiger partial charge in [0.2, 0.25) is 5.95 Å². The summed E-state index contributed by atoms with van der Waals surface area (Å²) in [6, 6.07) is 0. The lowest BCUT2D eigenvalue weighted by Gasteiger charge is -1.93. The Labute approximate surface area is 88.1 Å². The zero-order valence-electron chi connectivity index (χ0n) is 8.82. The van der Waals surface area contributed by atoms with Crippen molar-refractivity contribution >= 4 is 17.1 Å². The monoisotopic (exact) mass is 205 g/mol. The van der Waals surface area contributed by atoms with Crippen LogP contribution in [0.1, 0.15) is 32.0 Å². The van der Waals surface area contributed by atoms with Gasteiger partial charge < -0.3 is 10.7 Å². The van der Waals surface area contributed by atoms with Crippen molar-refractivity contribution in [3.63, 3.8) is 0 Å². The smallest absolute Gasteiger partial charge is 0.222 e. The van der Waals surface area contributed by atoms with Crippen LogP contribution in [0.15, 0.2) is 6.20 Å². The maximum absolute atomic E-state index is 5.48. The van der Waals surface area contributed by atoms with Gasteiger partial charge in [-0.05, 0) is 6.42 Å². The molecule has 0 aliphatic rings. The van der Waals surface area contributed by atoms with Crippen LogP contribution in [0.3, 0.4) is 0 Å². The molecule has 2 rings (SSSR count). The number of nitrogens with two attached hydrogens (primary N) is 1. The normalized spacial score (nSPS) is 11.0. The molecule has 0 atom stereocenters. The molecule has 0 saturated heterocycles. The van der Waals surface area contributed by atoms with Gasteiger partial charge in [0.15, 0.2) is 5.65 Å². The summed E-state index contributed by atoms with van der Waals surface area (Å²) in [5.74, 6) is 1.24. The summed E-state index contributed by atoms with van der Waals surface area (Å²) in [7, 11) is 0. The van der Waals surface area contributed by atoms with Gasteiger partial charge in [-0.2, -0.15) is 4.98 Å². The Bertz CT molecular complexity index is 448. The average Bonchev–Trinajstić information content (AvgIpc) is 2.60. The van der Waals surface area contributed by atoms with E-state index in [1.165, 1.54) is 12.8 Å². The first kappa shape index (κ1) is 9.89. The highest BCUT2D eigenvalue weighted by Gasteiger charge is 2.04. The summed E-state index contributed by atoms with van der Waals surface area (Å²) in [5.41, 5.74) is 7.00. The summed E-state index contributed by atoms with van der Waals surface area (Å²) >= 11 is 0. The van der Waals surface area contributed by atoms with E-state index in [9.17, 15) is 0 Å². The number of nitrogens with one attached hydrogen (secondary N) is 1. The number of hydrogen-bond acceptors (Lipinski definition) is 4. The summed E-state index contributed by atoms with van der Waals surface area (Å²) in [6.45, 7) is 2.19. The molecular weight excluding hydrogens is 190 g/mol. The molecule has 5 heteroatoms. The quantitative estimate of drug-likeness (QED) is 0.744. The molecule has 3 N–H and O–H groups in total. The lowest BCUT2D eigenvalue weighted by molar-refractivity contribution is 0.700. The molecule has 80 valence electrons. The Balaban J connectivity index is 2.16. The van der Waals surface area contributed by atoms with Crippen LogP contribution in [0.25, 0.3) is 11.2 Å². The topological polar surface area (TPSA) is 80.5 Å². The number of aromatic nitrogens is 4. The minimum absolute atomic E-state index is 0.272. The fourth-order valence-electron chi connectivity index (χ4n) is 1.53. The van der Waals surface area contributed by atoms with Crippen molar-refractivity contribution in [3.05, 3.63) is 12.0 Å². The van der Waals surface area contributed by atoms with Gasteiger partial charge in [0, 0.05) is 6.42 Å². The van der Waals surface area contributed by atoms with Crippen LogP contribution in [0.5, 0.6) is 0 Å². The fraction of sp³-hybridized carbons (Fsp3) is 0.500. The summed E-state index contributed by atoms with van der Waals surface area (Å²) in [5, 5.41) is 0. The van der Waals surface area contributed by atoms with E-state index in [2.05, 4.69) is 26.9 Å². The SMILES string of the molecule is CCCCCc1nc2nc(N)ncc2[nH]1. The molecule has 0 fully saturated rings. The van der Waals surface area contributed by atoms with Crippen molar-refractivity contribution in [1.82, 2.24) is 19.9 Å². The third kappa shape index (κ3) is 2.23. The number of aromatic amines is 1. The number of imidazole rings is 1. The highest BCUT2D eigenvalue weighted by Crippen LogP contribution is 2.10. The molecule has 0 aliphatic carbocycles. The largest absolute Gasteiger partial charge is 0.368 e. The van der Waals surface area contributed by atoms with Gasteiger partial charge in [0.1, 0.15) is 11.3 Å². The van der Waals surface area contributed by atoms with Gasteiger partial charge in [-0.25, -0.2) is 9.97 Å². The van der Waals surface area contributed by atoms with E-state index >= 15 is 0 Å². The van der Waals surface area contributed by atoms with Crippen LogP contribution in [-0.2, 0) is 6.42 Å². The number of nitrogens with zero attached hydrogens (tertiary/aromatic N) is 3. The number of anilines is 1. The molecule has 0 amide bonds. The molecule has 5 nitrogen and oxygen atoms in total. The predicted molar refractivity (Wildman–Crippen MR) is 59.3 cm³/mol. The predicted octanol–water partition coefficient (Wildman–Crippen LogP) is 1.67. The van der Waals surface area contributed by atoms with E-state index in [4.69, 9.17) is 5.73 Å². The van der Waals surface area contributed by atoms with E-state index in [1.54, 1.807) is 6.20 Å². The zero-order valence-corrected chi connectivity index (χ0v) is 8.82. The highest BCUT2D eigenvalue weighted by molar-refractivity contribution is 5.70. The third-order valence-electron chi connectivity index (χ3n) is 2.32. The molecular formula is C10H15N5. The Morgan fingerprint density at radius 1 is 1.33 bits per heavy atom. The number of aryl methyl sites for hydroxylation is 1. The maximum atomic E-state index is 5.48.